The minimum absolute atomic E-state index is 0.742. The normalized spacial score (nSPS) is 13.0. The Bertz CT molecular complexity index is 196. The lowest BCUT2D eigenvalue weighted by Crippen LogP contribution is -1.90. The highest BCUT2D eigenvalue weighted by molar-refractivity contribution is 5.48. The third kappa shape index (κ3) is 13.5. The van der Waals surface area contributed by atoms with E-state index in [1.165, 1.54) is 57.8 Å². The average Bonchev–Trinajstić information content (AvgIpc) is 2.39. The second kappa shape index (κ2) is 14.5. The average molecular weight is 252 g/mol. The zero-order chi connectivity index (χ0) is 13.5. The summed E-state index contributed by atoms with van der Waals surface area (Å²) in [5, 5.41) is 0. The fourth-order valence-corrected chi connectivity index (χ4v) is 2.04. The molecule has 0 rings (SSSR count). The van der Waals surface area contributed by atoms with E-state index in [2.05, 4.69) is 26.0 Å². The molecule has 0 spiro atoms. The molecule has 0 amide bonds. The van der Waals surface area contributed by atoms with E-state index < -0.39 is 0 Å². The first-order valence-electron chi connectivity index (χ1n) is 7.89. The van der Waals surface area contributed by atoms with Crippen LogP contribution < -0.4 is 0 Å². The topological polar surface area (TPSA) is 17.1 Å². The molecular weight excluding hydrogens is 220 g/mol. The number of allylic oxidation sites excluding steroid dienone is 2. The van der Waals surface area contributed by atoms with E-state index in [9.17, 15) is 4.79 Å². The van der Waals surface area contributed by atoms with E-state index in [-0.39, 0.29) is 0 Å². The third-order valence-corrected chi connectivity index (χ3v) is 3.62. The summed E-state index contributed by atoms with van der Waals surface area (Å²) in [6, 6.07) is 0. The van der Waals surface area contributed by atoms with Crippen molar-refractivity contribution >= 4 is 6.29 Å². The van der Waals surface area contributed by atoms with Gasteiger partial charge in [0.25, 0.3) is 0 Å². The number of hydrogen-bond donors (Lipinski definition) is 0. The molecule has 1 unspecified atom stereocenters. The van der Waals surface area contributed by atoms with Crippen LogP contribution in [0.4, 0.5) is 0 Å². The molecule has 0 N–H and O–H groups in total. The van der Waals surface area contributed by atoms with Crippen molar-refractivity contribution in [2.24, 2.45) is 5.92 Å². The Kier molecular flexibility index (Phi) is 14.0. The Hall–Kier alpha value is -0.590. The van der Waals surface area contributed by atoms with Crippen LogP contribution in [0.25, 0.3) is 0 Å². The molecule has 0 aliphatic heterocycles. The predicted octanol–water partition coefficient (Wildman–Crippen LogP) is 5.69. The Morgan fingerprint density at radius 2 is 1.39 bits per heavy atom. The van der Waals surface area contributed by atoms with Gasteiger partial charge < -0.3 is 4.79 Å². The van der Waals surface area contributed by atoms with Gasteiger partial charge >= 0.3 is 0 Å². The van der Waals surface area contributed by atoms with Crippen LogP contribution in [0.5, 0.6) is 0 Å². The van der Waals surface area contributed by atoms with E-state index in [0.717, 1.165) is 25.0 Å². The molecule has 0 aromatic rings. The predicted molar refractivity (Wildman–Crippen MR) is 80.8 cm³/mol. The lowest BCUT2D eigenvalue weighted by Gasteiger charge is -2.06. The molecule has 0 aromatic heterocycles. The summed E-state index contributed by atoms with van der Waals surface area (Å²) >= 11 is 0. The summed E-state index contributed by atoms with van der Waals surface area (Å²) in [7, 11) is 0. The van der Waals surface area contributed by atoms with Crippen molar-refractivity contribution in [1.29, 1.82) is 0 Å². The van der Waals surface area contributed by atoms with Crippen LogP contribution in [-0.2, 0) is 4.79 Å². The van der Waals surface area contributed by atoms with Gasteiger partial charge in [-0.15, -0.1) is 0 Å². The van der Waals surface area contributed by atoms with Gasteiger partial charge in [-0.25, -0.2) is 0 Å². The molecule has 18 heavy (non-hydrogen) atoms. The number of hydrogen-bond acceptors (Lipinski definition) is 1. The summed E-state index contributed by atoms with van der Waals surface area (Å²) in [6.45, 7) is 4.63. The molecule has 0 fully saturated rings. The molecule has 1 heteroatoms. The summed E-state index contributed by atoms with van der Waals surface area (Å²) in [4.78, 5) is 10.1. The molecule has 0 aliphatic rings. The molecule has 106 valence electrons. The van der Waals surface area contributed by atoms with Crippen molar-refractivity contribution in [3.63, 3.8) is 0 Å². The molecule has 0 aromatic carbocycles. The molecule has 0 heterocycles. The number of aldehydes is 1. The van der Waals surface area contributed by atoms with E-state index in [0.29, 0.717) is 0 Å². The first-order chi connectivity index (χ1) is 8.81. The van der Waals surface area contributed by atoms with Crippen LogP contribution in [0.2, 0.25) is 0 Å². The monoisotopic (exact) mass is 252 g/mol. The molecule has 0 aliphatic carbocycles. The van der Waals surface area contributed by atoms with Gasteiger partial charge in [0.15, 0.2) is 0 Å². The maximum Gasteiger partial charge on any atom is 0.119 e. The van der Waals surface area contributed by atoms with E-state index in [4.69, 9.17) is 0 Å². The Labute approximate surface area is 114 Å². The maximum absolute atomic E-state index is 10.1. The zero-order valence-electron chi connectivity index (χ0n) is 12.5. The molecular formula is C17H32O. The number of carbonyl (C=O) groups excluding carboxylic acids is 1. The quantitative estimate of drug-likeness (QED) is 0.234. The fourth-order valence-electron chi connectivity index (χ4n) is 2.04. The van der Waals surface area contributed by atoms with E-state index in [1.54, 1.807) is 0 Å². The highest BCUT2D eigenvalue weighted by Gasteiger charge is 1.96. The van der Waals surface area contributed by atoms with Crippen LogP contribution in [0.1, 0.15) is 84.5 Å². The highest BCUT2D eigenvalue weighted by atomic mass is 16.1. The van der Waals surface area contributed by atoms with Crippen LogP contribution in [0, 0.1) is 5.92 Å². The maximum atomic E-state index is 10.1. The van der Waals surface area contributed by atoms with Gasteiger partial charge in [0.1, 0.15) is 6.29 Å². The van der Waals surface area contributed by atoms with Crippen molar-refractivity contribution in [2.45, 2.75) is 84.5 Å². The highest BCUT2D eigenvalue weighted by Crippen LogP contribution is 2.12. The molecule has 1 atom stereocenters. The van der Waals surface area contributed by atoms with Crippen molar-refractivity contribution in [3.05, 3.63) is 12.2 Å². The minimum Gasteiger partial charge on any atom is -0.303 e. The largest absolute Gasteiger partial charge is 0.303 e. The molecule has 0 saturated carbocycles. The van der Waals surface area contributed by atoms with Gasteiger partial charge in [0, 0.05) is 6.42 Å². The van der Waals surface area contributed by atoms with Crippen LogP contribution in [0.3, 0.4) is 0 Å². The van der Waals surface area contributed by atoms with Gasteiger partial charge in [0.05, 0.1) is 0 Å². The van der Waals surface area contributed by atoms with Gasteiger partial charge in [-0.1, -0.05) is 58.1 Å². The second-order valence-electron chi connectivity index (χ2n) is 5.43. The summed E-state index contributed by atoms with van der Waals surface area (Å²) in [5.41, 5.74) is 0. The first-order valence-corrected chi connectivity index (χ1v) is 7.89. The van der Waals surface area contributed by atoms with Gasteiger partial charge in [-0.3, -0.25) is 0 Å². The first kappa shape index (κ1) is 17.4. The lowest BCUT2D eigenvalue weighted by molar-refractivity contribution is -0.107. The number of carbonyl (C=O) groups is 1. The number of unbranched alkanes of at least 4 members (excludes halogenated alkanes) is 7. The van der Waals surface area contributed by atoms with Crippen molar-refractivity contribution in [2.75, 3.05) is 0 Å². The zero-order valence-corrected chi connectivity index (χ0v) is 12.5. The van der Waals surface area contributed by atoms with Crippen LogP contribution in [0.15, 0.2) is 12.2 Å². The fraction of sp³-hybridized carbons (Fsp3) is 0.824. The second-order valence-corrected chi connectivity index (χ2v) is 5.43. The molecule has 0 saturated heterocycles. The Balaban J connectivity index is 3.11. The smallest absolute Gasteiger partial charge is 0.119 e. The SMILES string of the molecule is CCC(C)CCCC/C=C/CCCCCCC=O. The summed E-state index contributed by atoms with van der Waals surface area (Å²) in [6.07, 6.45) is 19.2. The summed E-state index contributed by atoms with van der Waals surface area (Å²) in [5.74, 6) is 0.903. The standard InChI is InChI=1S/C17H32O/c1-3-17(2)15-13-11-9-7-5-4-6-8-10-12-14-16-18/h5,7,16-17H,3-4,6,8-15H2,1-2H3/b7-5+. The molecule has 1 nitrogen and oxygen atoms in total. The van der Waals surface area contributed by atoms with Gasteiger partial charge in [-0.05, 0) is 38.0 Å². The Morgan fingerprint density at radius 1 is 0.833 bits per heavy atom. The van der Waals surface area contributed by atoms with Crippen molar-refractivity contribution in [3.8, 4) is 0 Å². The van der Waals surface area contributed by atoms with E-state index >= 15 is 0 Å². The lowest BCUT2D eigenvalue weighted by atomic mass is 10.0. The van der Waals surface area contributed by atoms with Crippen LogP contribution in [-0.4, -0.2) is 6.29 Å². The minimum atomic E-state index is 0.742. The van der Waals surface area contributed by atoms with Crippen molar-refractivity contribution in [1.82, 2.24) is 0 Å². The van der Waals surface area contributed by atoms with E-state index in [1.807, 2.05) is 0 Å². The number of rotatable bonds is 13. The van der Waals surface area contributed by atoms with Crippen LogP contribution >= 0.6 is 0 Å². The third-order valence-electron chi connectivity index (χ3n) is 3.62. The summed E-state index contributed by atoms with van der Waals surface area (Å²) < 4.78 is 0. The van der Waals surface area contributed by atoms with Gasteiger partial charge in [-0.2, -0.15) is 0 Å². The Morgan fingerprint density at radius 3 is 1.94 bits per heavy atom. The van der Waals surface area contributed by atoms with Crippen molar-refractivity contribution < 1.29 is 4.79 Å². The molecule has 0 radical (unpaired) electrons. The molecule has 0 bridgehead atoms. The van der Waals surface area contributed by atoms with Gasteiger partial charge in [0.2, 0.25) is 0 Å².